The highest BCUT2D eigenvalue weighted by Crippen LogP contribution is 2.23. The Balaban J connectivity index is 2.21. The molecule has 15 heavy (non-hydrogen) atoms. The molecule has 1 aromatic rings. The Morgan fingerprint density at radius 1 is 1.13 bits per heavy atom. The van der Waals surface area contributed by atoms with Crippen molar-refractivity contribution in [3.8, 4) is 0 Å². The largest absolute Gasteiger partial charge is 0.390 e. The second-order valence-corrected chi connectivity index (χ2v) is 3.41. The lowest BCUT2D eigenvalue weighted by Gasteiger charge is -2.22. The van der Waals surface area contributed by atoms with Crippen molar-refractivity contribution < 1.29 is 10.2 Å². The Morgan fingerprint density at radius 2 is 1.87 bits per heavy atom. The fourth-order valence-electron chi connectivity index (χ4n) is 1.66. The van der Waals surface area contributed by atoms with E-state index in [0.717, 1.165) is 11.4 Å². The summed E-state index contributed by atoms with van der Waals surface area (Å²) in [5.41, 5.74) is 1.82. The molecule has 1 aliphatic rings. The van der Waals surface area contributed by atoms with E-state index in [-0.39, 0.29) is 13.3 Å². The first-order chi connectivity index (χ1) is 7.35. The van der Waals surface area contributed by atoms with E-state index in [2.05, 4.69) is 0 Å². The molecule has 0 radical (unpaired) electrons. The molecule has 0 aromatic heterocycles. The molecule has 2 N–H and O–H groups in total. The maximum Gasteiger partial charge on any atom is 0.116 e. The van der Waals surface area contributed by atoms with Gasteiger partial charge in [0.15, 0.2) is 0 Å². The van der Waals surface area contributed by atoms with Crippen molar-refractivity contribution >= 4 is 5.69 Å². The molecule has 80 valence electrons. The monoisotopic (exact) mass is 206 g/mol. The maximum atomic E-state index is 9.19. The van der Waals surface area contributed by atoms with Crippen LogP contribution in [0, 0.1) is 0 Å². The van der Waals surface area contributed by atoms with Gasteiger partial charge in [-0.3, -0.25) is 0 Å². The van der Waals surface area contributed by atoms with Crippen molar-refractivity contribution in [2.75, 3.05) is 24.9 Å². The number of hydrogen-bond donors (Lipinski definition) is 2. The zero-order valence-corrected chi connectivity index (χ0v) is 8.37. The molecule has 0 amide bonds. The molecular formula is C11H14N2O2. The lowest BCUT2D eigenvalue weighted by atomic mass is 10.3. The van der Waals surface area contributed by atoms with E-state index in [1.54, 1.807) is 11.1 Å². The molecule has 2 rings (SSSR count). The van der Waals surface area contributed by atoms with Crippen molar-refractivity contribution in [1.82, 2.24) is 4.90 Å². The molecule has 0 bridgehead atoms. The molecule has 0 atom stereocenters. The second kappa shape index (κ2) is 4.33. The van der Waals surface area contributed by atoms with Crippen LogP contribution in [-0.2, 0) is 0 Å². The van der Waals surface area contributed by atoms with E-state index in [0.29, 0.717) is 6.67 Å². The highest BCUT2D eigenvalue weighted by Gasteiger charge is 2.20. The number of hydrogen-bond acceptors (Lipinski definition) is 4. The first-order valence-electron chi connectivity index (χ1n) is 4.84. The molecule has 1 aliphatic heterocycles. The first-order valence-corrected chi connectivity index (χ1v) is 4.84. The summed E-state index contributed by atoms with van der Waals surface area (Å²) in [6.07, 6.45) is 1.77. The molecule has 0 saturated heterocycles. The molecule has 4 nitrogen and oxygen atoms in total. The minimum atomic E-state index is -0.0349. The molecule has 1 heterocycles. The molecule has 4 heteroatoms. The minimum Gasteiger partial charge on any atom is -0.390 e. The third-order valence-electron chi connectivity index (χ3n) is 2.41. The van der Waals surface area contributed by atoms with Crippen LogP contribution in [-0.4, -0.2) is 35.1 Å². The number of para-hydroxylation sites is 1. The summed E-state index contributed by atoms with van der Waals surface area (Å²) in [4.78, 5) is 3.70. The van der Waals surface area contributed by atoms with Crippen molar-refractivity contribution in [2.24, 2.45) is 0 Å². The fourth-order valence-corrected chi connectivity index (χ4v) is 1.66. The summed E-state index contributed by atoms with van der Waals surface area (Å²) in [7, 11) is 0. The Hall–Kier alpha value is -1.52. The number of aliphatic hydroxyl groups excluding tert-OH is 2. The van der Waals surface area contributed by atoms with Crippen LogP contribution in [0.15, 0.2) is 42.2 Å². The van der Waals surface area contributed by atoms with Crippen LogP contribution in [0.4, 0.5) is 5.69 Å². The normalized spacial score (nSPS) is 15.7. The average molecular weight is 206 g/mol. The van der Waals surface area contributed by atoms with Gasteiger partial charge in [0.25, 0.3) is 0 Å². The van der Waals surface area contributed by atoms with Crippen LogP contribution in [0.3, 0.4) is 0 Å². The lowest BCUT2D eigenvalue weighted by Crippen LogP contribution is -2.27. The topological polar surface area (TPSA) is 46.9 Å². The predicted octanol–water partition coefficient (Wildman–Crippen LogP) is 0.550. The summed E-state index contributed by atoms with van der Waals surface area (Å²) in [5.74, 6) is 0. The van der Waals surface area contributed by atoms with Gasteiger partial charge in [0, 0.05) is 11.9 Å². The molecule has 0 fully saturated rings. The van der Waals surface area contributed by atoms with E-state index >= 15 is 0 Å². The number of aliphatic hydroxyl groups is 2. The Labute approximate surface area is 88.7 Å². The Bertz CT molecular complexity index is 351. The van der Waals surface area contributed by atoms with Gasteiger partial charge >= 0.3 is 0 Å². The zero-order valence-electron chi connectivity index (χ0n) is 8.37. The third-order valence-corrected chi connectivity index (χ3v) is 2.41. The van der Waals surface area contributed by atoms with E-state index in [1.807, 2.05) is 35.2 Å². The summed E-state index contributed by atoms with van der Waals surface area (Å²) >= 11 is 0. The van der Waals surface area contributed by atoms with Crippen LogP contribution in [0.25, 0.3) is 0 Å². The fraction of sp³-hybridized carbons (Fsp3) is 0.273. The van der Waals surface area contributed by atoms with Crippen LogP contribution in [0.5, 0.6) is 0 Å². The van der Waals surface area contributed by atoms with E-state index in [1.165, 1.54) is 0 Å². The molecule has 0 spiro atoms. The Kier molecular flexibility index (Phi) is 2.89. The van der Waals surface area contributed by atoms with Gasteiger partial charge in [-0.05, 0) is 12.1 Å². The van der Waals surface area contributed by atoms with Gasteiger partial charge in [0.1, 0.15) is 6.73 Å². The van der Waals surface area contributed by atoms with Gasteiger partial charge in [-0.1, -0.05) is 18.2 Å². The molecule has 0 unspecified atom stereocenters. The summed E-state index contributed by atoms with van der Waals surface area (Å²) < 4.78 is 0. The van der Waals surface area contributed by atoms with Gasteiger partial charge in [-0.15, -0.1) is 0 Å². The number of anilines is 1. The second-order valence-electron chi connectivity index (χ2n) is 3.41. The van der Waals surface area contributed by atoms with Gasteiger partial charge in [-0.25, -0.2) is 0 Å². The van der Waals surface area contributed by atoms with Crippen molar-refractivity contribution in [1.29, 1.82) is 0 Å². The van der Waals surface area contributed by atoms with E-state index in [9.17, 15) is 5.11 Å². The van der Waals surface area contributed by atoms with Crippen LogP contribution in [0.2, 0.25) is 0 Å². The quantitative estimate of drug-likeness (QED) is 0.758. The SMILES string of the molecule is OCC1=CN(CO)CN1c1ccccc1. The summed E-state index contributed by atoms with van der Waals surface area (Å²) in [6.45, 7) is 0.522. The zero-order chi connectivity index (χ0) is 10.7. The van der Waals surface area contributed by atoms with E-state index in [4.69, 9.17) is 5.11 Å². The number of nitrogens with zero attached hydrogens (tertiary/aromatic N) is 2. The maximum absolute atomic E-state index is 9.19. The van der Waals surface area contributed by atoms with E-state index < -0.39 is 0 Å². The van der Waals surface area contributed by atoms with Gasteiger partial charge in [0.2, 0.25) is 0 Å². The van der Waals surface area contributed by atoms with Crippen molar-refractivity contribution in [3.05, 3.63) is 42.2 Å². The third kappa shape index (κ3) is 1.95. The highest BCUT2D eigenvalue weighted by molar-refractivity contribution is 5.53. The van der Waals surface area contributed by atoms with Crippen LogP contribution >= 0.6 is 0 Å². The Morgan fingerprint density at radius 3 is 2.47 bits per heavy atom. The van der Waals surface area contributed by atoms with Gasteiger partial charge < -0.3 is 20.0 Å². The van der Waals surface area contributed by atoms with Crippen molar-refractivity contribution in [3.63, 3.8) is 0 Å². The average Bonchev–Trinajstić information content (AvgIpc) is 2.73. The summed E-state index contributed by atoms with van der Waals surface area (Å²) in [6, 6.07) is 9.80. The van der Waals surface area contributed by atoms with Gasteiger partial charge in [0.05, 0.1) is 19.0 Å². The number of benzene rings is 1. The minimum absolute atomic E-state index is 0.0224. The summed E-state index contributed by atoms with van der Waals surface area (Å²) in [5, 5.41) is 18.2. The predicted molar refractivity (Wildman–Crippen MR) is 57.9 cm³/mol. The smallest absolute Gasteiger partial charge is 0.116 e. The molecular weight excluding hydrogens is 192 g/mol. The number of rotatable bonds is 3. The molecule has 1 aromatic carbocycles. The highest BCUT2D eigenvalue weighted by atomic mass is 16.3. The molecule has 0 aliphatic carbocycles. The van der Waals surface area contributed by atoms with Crippen LogP contribution < -0.4 is 4.90 Å². The van der Waals surface area contributed by atoms with Gasteiger partial charge in [-0.2, -0.15) is 0 Å². The first kappa shape index (κ1) is 10.0. The standard InChI is InChI=1S/C11H14N2O2/c14-7-11-6-12(9-15)8-13(11)10-4-2-1-3-5-10/h1-6,14-15H,7-9H2. The lowest BCUT2D eigenvalue weighted by molar-refractivity contribution is 0.161. The molecule has 0 saturated carbocycles. The van der Waals surface area contributed by atoms with Crippen molar-refractivity contribution in [2.45, 2.75) is 0 Å². The van der Waals surface area contributed by atoms with Crippen LogP contribution in [0.1, 0.15) is 0 Å².